The Balaban J connectivity index is 2.98. The van der Waals surface area contributed by atoms with Crippen molar-refractivity contribution in [1.82, 2.24) is 5.32 Å². The second-order valence-corrected chi connectivity index (χ2v) is 4.60. The molecule has 104 valence electrons. The minimum Gasteiger partial charge on any atom is -0.479 e. The molecule has 0 spiro atoms. The number of hydrogen-bond acceptors (Lipinski definition) is 2. The lowest BCUT2D eigenvalue weighted by Crippen LogP contribution is -2.36. The SMILES string of the molecule is CCC(C)C(=O)NC(C(=O)O)c1ccc(F)c(C)c1. The van der Waals surface area contributed by atoms with Gasteiger partial charge in [-0.2, -0.15) is 0 Å². The number of halogens is 1. The highest BCUT2D eigenvalue weighted by Gasteiger charge is 2.24. The van der Waals surface area contributed by atoms with Gasteiger partial charge in [-0.25, -0.2) is 9.18 Å². The van der Waals surface area contributed by atoms with Crippen molar-refractivity contribution in [2.24, 2.45) is 5.92 Å². The Kier molecular flexibility index (Phi) is 5.03. The Morgan fingerprint density at radius 1 is 1.42 bits per heavy atom. The number of carbonyl (C=O) groups is 2. The quantitative estimate of drug-likeness (QED) is 0.861. The summed E-state index contributed by atoms with van der Waals surface area (Å²) >= 11 is 0. The van der Waals surface area contributed by atoms with Gasteiger partial charge >= 0.3 is 5.97 Å². The van der Waals surface area contributed by atoms with Gasteiger partial charge < -0.3 is 10.4 Å². The minimum atomic E-state index is -1.16. The second kappa shape index (κ2) is 6.31. The molecule has 1 amide bonds. The molecule has 2 atom stereocenters. The van der Waals surface area contributed by atoms with Crippen LogP contribution in [0.2, 0.25) is 0 Å². The highest BCUT2D eigenvalue weighted by molar-refractivity contribution is 5.85. The number of nitrogens with one attached hydrogen (secondary N) is 1. The number of carboxylic acids is 1. The molecule has 19 heavy (non-hydrogen) atoms. The molecule has 0 aliphatic carbocycles. The highest BCUT2D eigenvalue weighted by atomic mass is 19.1. The van der Waals surface area contributed by atoms with E-state index in [9.17, 15) is 19.1 Å². The molecule has 1 aromatic carbocycles. The Morgan fingerprint density at radius 2 is 2.05 bits per heavy atom. The van der Waals surface area contributed by atoms with E-state index in [0.717, 1.165) is 0 Å². The summed E-state index contributed by atoms with van der Waals surface area (Å²) in [5.41, 5.74) is 0.713. The maximum absolute atomic E-state index is 13.2. The largest absolute Gasteiger partial charge is 0.479 e. The predicted octanol–water partition coefficient (Wildman–Crippen LogP) is 2.42. The number of hydrogen-bond donors (Lipinski definition) is 2. The first-order chi connectivity index (χ1) is 8.86. The first-order valence-corrected chi connectivity index (χ1v) is 6.16. The minimum absolute atomic E-state index is 0.261. The summed E-state index contributed by atoms with van der Waals surface area (Å²) in [7, 11) is 0. The number of carboxylic acid groups (broad SMARTS) is 1. The van der Waals surface area contributed by atoms with E-state index >= 15 is 0 Å². The van der Waals surface area contributed by atoms with E-state index in [1.807, 2.05) is 6.92 Å². The molecule has 0 fully saturated rings. The van der Waals surface area contributed by atoms with Gasteiger partial charge in [0.1, 0.15) is 5.82 Å². The van der Waals surface area contributed by atoms with Crippen molar-refractivity contribution in [1.29, 1.82) is 0 Å². The lowest BCUT2D eigenvalue weighted by atomic mass is 10.0. The van der Waals surface area contributed by atoms with Crippen LogP contribution in [0, 0.1) is 18.7 Å². The third kappa shape index (κ3) is 3.77. The number of carbonyl (C=O) groups excluding carboxylic acids is 1. The van der Waals surface area contributed by atoms with E-state index in [1.165, 1.54) is 18.2 Å². The monoisotopic (exact) mass is 267 g/mol. The van der Waals surface area contributed by atoms with E-state index in [4.69, 9.17) is 0 Å². The summed E-state index contributed by atoms with van der Waals surface area (Å²) in [6, 6.07) is 2.86. The summed E-state index contributed by atoms with van der Waals surface area (Å²) in [6.07, 6.45) is 0.626. The fourth-order valence-electron chi connectivity index (χ4n) is 1.61. The molecule has 0 bridgehead atoms. The van der Waals surface area contributed by atoms with Crippen molar-refractivity contribution in [3.63, 3.8) is 0 Å². The topological polar surface area (TPSA) is 66.4 Å². The molecule has 0 radical (unpaired) electrons. The molecule has 0 saturated carbocycles. The molecule has 2 unspecified atom stereocenters. The van der Waals surface area contributed by atoms with Crippen molar-refractivity contribution in [2.75, 3.05) is 0 Å². The molecular weight excluding hydrogens is 249 g/mol. The normalized spacial score (nSPS) is 13.7. The van der Waals surface area contributed by atoms with Crippen LogP contribution in [0.3, 0.4) is 0 Å². The maximum atomic E-state index is 13.2. The molecule has 1 rings (SSSR count). The zero-order valence-electron chi connectivity index (χ0n) is 11.2. The smallest absolute Gasteiger partial charge is 0.330 e. The number of amides is 1. The maximum Gasteiger partial charge on any atom is 0.330 e. The van der Waals surface area contributed by atoms with Gasteiger partial charge in [0.25, 0.3) is 0 Å². The van der Waals surface area contributed by atoms with Crippen molar-refractivity contribution in [3.8, 4) is 0 Å². The molecule has 0 saturated heterocycles. The summed E-state index contributed by atoms with van der Waals surface area (Å²) in [4.78, 5) is 23.0. The summed E-state index contributed by atoms with van der Waals surface area (Å²) in [5, 5.41) is 11.7. The zero-order chi connectivity index (χ0) is 14.6. The first-order valence-electron chi connectivity index (χ1n) is 6.16. The molecule has 5 heteroatoms. The zero-order valence-corrected chi connectivity index (χ0v) is 11.2. The Morgan fingerprint density at radius 3 is 2.53 bits per heavy atom. The molecule has 2 N–H and O–H groups in total. The fraction of sp³-hybridized carbons (Fsp3) is 0.429. The standard InChI is InChI=1S/C14H18FNO3/c1-4-8(2)13(17)16-12(14(18)19)10-5-6-11(15)9(3)7-10/h5-8,12H,4H2,1-3H3,(H,16,17)(H,18,19). The summed E-state index contributed by atoms with van der Waals surface area (Å²) in [6.45, 7) is 5.13. The predicted molar refractivity (Wildman–Crippen MR) is 69.1 cm³/mol. The van der Waals surface area contributed by atoms with Gasteiger partial charge in [-0.1, -0.05) is 26.0 Å². The van der Waals surface area contributed by atoms with Gasteiger partial charge in [0, 0.05) is 5.92 Å². The van der Waals surface area contributed by atoms with E-state index in [-0.39, 0.29) is 11.8 Å². The van der Waals surface area contributed by atoms with Crippen molar-refractivity contribution in [2.45, 2.75) is 33.2 Å². The van der Waals surface area contributed by atoms with Gasteiger partial charge in [0.15, 0.2) is 6.04 Å². The fourth-order valence-corrected chi connectivity index (χ4v) is 1.61. The molecule has 1 aromatic rings. The van der Waals surface area contributed by atoms with E-state index in [0.29, 0.717) is 17.5 Å². The summed E-state index contributed by atoms with van der Waals surface area (Å²) in [5.74, 6) is -2.15. The lowest BCUT2D eigenvalue weighted by Gasteiger charge is -2.18. The Bertz CT molecular complexity index is 488. The molecule has 0 aliphatic heterocycles. The van der Waals surface area contributed by atoms with Crippen LogP contribution in [0.1, 0.15) is 37.4 Å². The molecule has 4 nitrogen and oxygen atoms in total. The number of aliphatic carboxylic acids is 1. The van der Waals surface area contributed by atoms with Crippen LogP contribution in [0.4, 0.5) is 4.39 Å². The van der Waals surface area contributed by atoms with Crippen LogP contribution in [0.15, 0.2) is 18.2 Å². The van der Waals surface area contributed by atoms with Crippen molar-refractivity contribution < 1.29 is 19.1 Å². The number of benzene rings is 1. The Hall–Kier alpha value is -1.91. The third-order valence-corrected chi connectivity index (χ3v) is 3.11. The van der Waals surface area contributed by atoms with Gasteiger partial charge in [-0.15, -0.1) is 0 Å². The summed E-state index contributed by atoms with van der Waals surface area (Å²) < 4.78 is 13.2. The van der Waals surface area contributed by atoms with E-state index in [1.54, 1.807) is 13.8 Å². The highest BCUT2D eigenvalue weighted by Crippen LogP contribution is 2.18. The average molecular weight is 267 g/mol. The van der Waals surface area contributed by atoms with Crippen molar-refractivity contribution >= 4 is 11.9 Å². The van der Waals surface area contributed by atoms with E-state index < -0.39 is 17.8 Å². The lowest BCUT2D eigenvalue weighted by molar-refractivity contribution is -0.142. The average Bonchev–Trinajstić information content (AvgIpc) is 2.37. The van der Waals surface area contributed by atoms with Gasteiger partial charge in [0.05, 0.1) is 0 Å². The van der Waals surface area contributed by atoms with Crippen molar-refractivity contribution in [3.05, 3.63) is 35.1 Å². The Labute approximate surface area is 111 Å². The van der Waals surface area contributed by atoms with Crippen LogP contribution in [-0.2, 0) is 9.59 Å². The molecular formula is C14H18FNO3. The van der Waals surface area contributed by atoms with E-state index in [2.05, 4.69) is 5.32 Å². The number of aryl methyl sites for hydroxylation is 1. The van der Waals surface area contributed by atoms with Crippen LogP contribution in [0.25, 0.3) is 0 Å². The van der Waals surface area contributed by atoms with Crippen LogP contribution in [-0.4, -0.2) is 17.0 Å². The molecule has 0 heterocycles. The second-order valence-electron chi connectivity index (χ2n) is 4.60. The van der Waals surface area contributed by atoms with Gasteiger partial charge in [0.2, 0.25) is 5.91 Å². The van der Waals surface area contributed by atoms with Gasteiger partial charge in [-0.3, -0.25) is 4.79 Å². The molecule has 0 aromatic heterocycles. The molecule has 0 aliphatic rings. The van der Waals surface area contributed by atoms with Crippen LogP contribution >= 0.6 is 0 Å². The first kappa shape index (κ1) is 15.1. The van der Waals surface area contributed by atoms with Crippen LogP contribution in [0.5, 0.6) is 0 Å². The third-order valence-electron chi connectivity index (χ3n) is 3.11. The number of rotatable bonds is 5. The van der Waals surface area contributed by atoms with Gasteiger partial charge in [-0.05, 0) is 30.5 Å². The van der Waals surface area contributed by atoms with Crippen LogP contribution < -0.4 is 5.32 Å².